The van der Waals surface area contributed by atoms with Crippen LogP contribution in [0.3, 0.4) is 0 Å². The molecule has 0 bridgehead atoms. The zero-order chi connectivity index (χ0) is 18.3. The molecule has 0 saturated carbocycles. The van der Waals surface area contributed by atoms with E-state index < -0.39 is 0 Å². The first-order valence-electron chi connectivity index (χ1n) is 9.41. The third kappa shape index (κ3) is 11.0. The highest BCUT2D eigenvalue weighted by atomic mass is 16.5. The molecule has 1 aromatic heterocycles. The predicted octanol–water partition coefficient (Wildman–Crippen LogP) is 1.86. The van der Waals surface area contributed by atoms with E-state index in [1.807, 2.05) is 20.0 Å². The SMILES string of the molecule is CCNCCOCCOCCn1cc(CCCCC(=O)C(C)C)nn1. The molecule has 0 aliphatic carbocycles. The van der Waals surface area contributed by atoms with Crippen LogP contribution in [0.4, 0.5) is 0 Å². The van der Waals surface area contributed by atoms with Gasteiger partial charge in [-0.1, -0.05) is 26.0 Å². The van der Waals surface area contributed by atoms with E-state index in [2.05, 4.69) is 22.6 Å². The molecule has 7 heteroatoms. The summed E-state index contributed by atoms with van der Waals surface area (Å²) < 4.78 is 12.8. The molecule has 25 heavy (non-hydrogen) atoms. The third-order valence-corrected chi connectivity index (χ3v) is 3.85. The molecule has 0 aliphatic heterocycles. The average Bonchev–Trinajstić information content (AvgIpc) is 3.04. The molecule has 0 radical (unpaired) electrons. The minimum Gasteiger partial charge on any atom is -0.378 e. The van der Waals surface area contributed by atoms with Crippen molar-refractivity contribution in [1.82, 2.24) is 20.3 Å². The van der Waals surface area contributed by atoms with E-state index in [4.69, 9.17) is 9.47 Å². The van der Waals surface area contributed by atoms with Gasteiger partial charge in [-0.3, -0.25) is 4.79 Å². The molecule has 0 saturated heterocycles. The lowest BCUT2D eigenvalue weighted by Crippen LogP contribution is -2.20. The molecule has 0 unspecified atom stereocenters. The monoisotopic (exact) mass is 354 g/mol. The molecule has 1 aromatic rings. The Balaban J connectivity index is 2.01. The Labute approximate surface area is 151 Å². The molecule has 7 nitrogen and oxygen atoms in total. The van der Waals surface area contributed by atoms with Crippen LogP contribution in [-0.2, 0) is 27.2 Å². The second kappa shape index (κ2) is 13.9. The van der Waals surface area contributed by atoms with Crippen molar-refractivity contribution in [3.8, 4) is 0 Å². The number of aryl methyl sites for hydroxylation is 1. The fourth-order valence-electron chi connectivity index (χ4n) is 2.26. The van der Waals surface area contributed by atoms with Crippen molar-refractivity contribution in [1.29, 1.82) is 0 Å². The number of Topliss-reactive ketones (excluding diaryl/α,β-unsaturated/α-hetero) is 1. The van der Waals surface area contributed by atoms with Crippen LogP contribution < -0.4 is 5.32 Å². The van der Waals surface area contributed by atoms with Gasteiger partial charge in [-0.2, -0.15) is 0 Å². The van der Waals surface area contributed by atoms with E-state index >= 15 is 0 Å². The Bertz CT molecular complexity index is 463. The maximum atomic E-state index is 11.6. The highest BCUT2D eigenvalue weighted by Gasteiger charge is 2.07. The molecule has 1 rings (SSSR count). The number of ether oxygens (including phenoxy) is 2. The number of carbonyl (C=O) groups excluding carboxylic acids is 1. The van der Waals surface area contributed by atoms with Crippen molar-refractivity contribution < 1.29 is 14.3 Å². The van der Waals surface area contributed by atoms with Gasteiger partial charge in [0.2, 0.25) is 0 Å². The second-order valence-electron chi connectivity index (χ2n) is 6.38. The number of nitrogens with one attached hydrogen (secondary N) is 1. The number of nitrogens with zero attached hydrogens (tertiary/aromatic N) is 3. The highest BCUT2D eigenvalue weighted by molar-refractivity contribution is 5.80. The van der Waals surface area contributed by atoms with Crippen molar-refractivity contribution in [3.63, 3.8) is 0 Å². The molecule has 0 fully saturated rings. The van der Waals surface area contributed by atoms with Crippen LogP contribution in [-0.4, -0.2) is 60.3 Å². The van der Waals surface area contributed by atoms with Gasteiger partial charge in [-0.05, 0) is 25.8 Å². The summed E-state index contributed by atoms with van der Waals surface area (Å²) in [7, 11) is 0. The van der Waals surface area contributed by atoms with Crippen LogP contribution in [0.15, 0.2) is 6.20 Å². The molecule has 1 heterocycles. The number of carbonyl (C=O) groups is 1. The van der Waals surface area contributed by atoms with Crippen LogP contribution in [0.1, 0.15) is 45.7 Å². The minimum absolute atomic E-state index is 0.138. The number of unbranched alkanes of at least 4 members (excludes halogenated alkanes) is 1. The first-order chi connectivity index (χ1) is 12.1. The van der Waals surface area contributed by atoms with E-state index in [0.29, 0.717) is 45.2 Å². The van der Waals surface area contributed by atoms with Crippen molar-refractivity contribution in [2.45, 2.75) is 53.0 Å². The van der Waals surface area contributed by atoms with E-state index in [0.717, 1.165) is 38.0 Å². The van der Waals surface area contributed by atoms with Crippen LogP contribution in [0, 0.1) is 5.92 Å². The van der Waals surface area contributed by atoms with E-state index in [1.54, 1.807) is 4.68 Å². The third-order valence-electron chi connectivity index (χ3n) is 3.85. The number of aromatic nitrogens is 3. The average molecular weight is 354 g/mol. The van der Waals surface area contributed by atoms with Gasteiger partial charge in [-0.25, -0.2) is 4.68 Å². The zero-order valence-electron chi connectivity index (χ0n) is 16.0. The summed E-state index contributed by atoms with van der Waals surface area (Å²) >= 11 is 0. The van der Waals surface area contributed by atoms with Crippen molar-refractivity contribution in [2.24, 2.45) is 5.92 Å². The molecular weight excluding hydrogens is 320 g/mol. The molecule has 0 aromatic carbocycles. The Hall–Kier alpha value is -1.31. The van der Waals surface area contributed by atoms with E-state index in [9.17, 15) is 4.79 Å². The lowest BCUT2D eigenvalue weighted by molar-refractivity contribution is -0.122. The largest absolute Gasteiger partial charge is 0.378 e. The van der Waals surface area contributed by atoms with E-state index in [-0.39, 0.29) is 5.92 Å². The Kier molecular flexibility index (Phi) is 12.1. The Morgan fingerprint density at radius 1 is 1.20 bits per heavy atom. The number of hydrogen-bond donors (Lipinski definition) is 1. The van der Waals surface area contributed by atoms with Gasteiger partial charge in [0, 0.05) is 25.1 Å². The smallest absolute Gasteiger partial charge is 0.135 e. The van der Waals surface area contributed by atoms with Crippen LogP contribution in [0.5, 0.6) is 0 Å². The number of likely N-dealkylation sites (N-methyl/N-ethyl adjacent to an activating group) is 1. The summed E-state index contributed by atoms with van der Waals surface area (Å²) in [5, 5.41) is 11.5. The fourth-order valence-corrected chi connectivity index (χ4v) is 2.26. The van der Waals surface area contributed by atoms with Gasteiger partial charge in [0.15, 0.2) is 0 Å². The second-order valence-corrected chi connectivity index (χ2v) is 6.38. The summed E-state index contributed by atoms with van der Waals surface area (Å²) in [4.78, 5) is 11.6. The summed E-state index contributed by atoms with van der Waals surface area (Å²) in [6, 6.07) is 0. The topological polar surface area (TPSA) is 78.3 Å². The first kappa shape index (κ1) is 21.7. The van der Waals surface area contributed by atoms with Gasteiger partial charge in [-0.15, -0.1) is 5.10 Å². The number of rotatable bonds is 16. The standard InChI is InChI=1S/C18H34N4O3/c1-4-19-9-11-24-13-14-25-12-10-22-15-17(20-21-22)7-5-6-8-18(23)16(2)3/h15-16,19H,4-14H2,1-3H3. The van der Waals surface area contributed by atoms with Gasteiger partial charge in [0.25, 0.3) is 0 Å². The van der Waals surface area contributed by atoms with E-state index in [1.165, 1.54) is 0 Å². The lowest BCUT2D eigenvalue weighted by Gasteiger charge is -2.06. The molecule has 0 amide bonds. The van der Waals surface area contributed by atoms with Crippen LogP contribution in [0.25, 0.3) is 0 Å². The first-order valence-corrected chi connectivity index (χ1v) is 9.41. The van der Waals surface area contributed by atoms with Crippen molar-refractivity contribution >= 4 is 5.78 Å². The maximum absolute atomic E-state index is 11.6. The molecule has 144 valence electrons. The minimum atomic E-state index is 0.138. The Morgan fingerprint density at radius 3 is 2.68 bits per heavy atom. The molecule has 0 spiro atoms. The van der Waals surface area contributed by atoms with Gasteiger partial charge >= 0.3 is 0 Å². The summed E-state index contributed by atoms with van der Waals surface area (Å²) in [5.74, 6) is 0.477. The normalized spacial score (nSPS) is 11.4. The summed E-state index contributed by atoms with van der Waals surface area (Å²) in [6.07, 6.45) is 5.38. The van der Waals surface area contributed by atoms with Crippen molar-refractivity contribution in [2.75, 3.05) is 39.5 Å². The van der Waals surface area contributed by atoms with Crippen molar-refractivity contribution in [3.05, 3.63) is 11.9 Å². The molecule has 0 aliphatic rings. The quantitative estimate of drug-likeness (QED) is 0.457. The highest BCUT2D eigenvalue weighted by Crippen LogP contribution is 2.07. The summed E-state index contributed by atoms with van der Waals surface area (Å²) in [5.41, 5.74) is 0.976. The van der Waals surface area contributed by atoms with Crippen LogP contribution in [0.2, 0.25) is 0 Å². The van der Waals surface area contributed by atoms with Crippen LogP contribution >= 0.6 is 0 Å². The fraction of sp³-hybridized carbons (Fsp3) is 0.833. The Morgan fingerprint density at radius 2 is 1.96 bits per heavy atom. The maximum Gasteiger partial charge on any atom is 0.135 e. The summed E-state index contributed by atoms with van der Waals surface area (Å²) in [6.45, 7) is 11.0. The number of ketones is 1. The predicted molar refractivity (Wildman–Crippen MR) is 97.6 cm³/mol. The number of hydrogen-bond acceptors (Lipinski definition) is 6. The molecule has 1 N–H and O–H groups in total. The molecule has 0 atom stereocenters. The molecular formula is C18H34N4O3. The lowest BCUT2D eigenvalue weighted by atomic mass is 10.0. The zero-order valence-corrected chi connectivity index (χ0v) is 16.0. The van der Waals surface area contributed by atoms with Gasteiger partial charge in [0.1, 0.15) is 5.78 Å². The van der Waals surface area contributed by atoms with Gasteiger partial charge < -0.3 is 14.8 Å². The van der Waals surface area contributed by atoms with Gasteiger partial charge in [0.05, 0.1) is 38.7 Å².